The molecular formula is C23H19ClN2O2. The zero-order chi connectivity index (χ0) is 19.7. The van der Waals surface area contributed by atoms with Gasteiger partial charge >= 0.3 is 5.97 Å². The quantitative estimate of drug-likeness (QED) is 0.488. The van der Waals surface area contributed by atoms with Gasteiger partial charge in [0.15, 0.2) is 0 Å². The van der Waals surface area contributed by atoms with Crippen LogP contribution in [0, 0.1) is 0 Å². The molecule has 0 fully saturated rings. The maximum atomic E-state index is 11.7. The Labute approximate surface area is 168 Å². The molecule has 4 rings (SSSR count). The number of benzene rings is 2. The normalized spacial score (nSPS) is 11.1. The molecule has 0 bridgehead atoms. The van der Waals surface area contributed by atoms with Gasteiger partial charge in [-0.2, -0.15) is 5.10 Å². The van der Waals surface area contributed by atoms with Gasteiger partial charge < -0.3 is 5.11 Å². The van der Waals surface area contributed by atoms with Crippen molar-refractivity contribution in [3.63, 3.8) is 0 Å². The number of carbonyl (C=O) groups is 1. The molecule has 1 N–H and O–H groups in total. The molecule has 0 amide bonds. The average molecular weight is 391 g/mol. The van der Waals surface area contributed by atoms with Crippen LogP contribution in [0.2, 0.25) is 5.02 Å². The van der Waals surface area contributed by atoms with E-state index in [0.29, 0.717) is 16.3 Å². The molecule has 2 aromatic heterocycles. The van der Waals surface area contributed by atoms with Crippen molar-refractivity contribution in [2.75, 3.05) is 0 Å². The summed E-state index contributed by atoms with van der Waals surface area (Å²) in [4.78, 5) is 11.7. The van der Waals surface area contributed by atoms with Crippen LogP contribution >= 0.6 is 11.6 Å². The van der Waals surface area contributed by atoms with E-state index in [2.05, 4.69) is 6.92 Å². The number of rotatable bonds is 5. The molecule has 0 saturated carbocycles. The SMILES string of the molecule is CCc1ccc2c(-c3cccc(Cl)c3)c(CC(=O)O)c(-c3ccccc3)nn12. The Hall–Kier alpha value is -3.11. The largest absolute Gasteiger partial charge is 0.481 e. The first-order chi connectivity index (χ1) is 13.6. The van der Waals surface area contributed by atoms with Gasteiger partial charge in [0, 0.05) is 27.4 Å². The van der Waals surface area contributed by atoms with Crippen LogP contribution in [-0.4, -0.2) is 20.7 Å². The molecular weight excluding hydrogens is 372 g/mol. The third kappa shape index (κ3) is 3.27. The lowest BCUT2D eigenvalue weighted by molar-refractivity contribution is -0.136. The Balaban J connectivity index is 2.14. The number of hydrogen-bond donors (Lipinski definition) is 1. The van der Waals surface area contributed by atoms with Gasteiger partial charge in [-0.25, -0.2) is 4.52 Å². The maximum Gasteiger partial charge on any atom is 0.307 e. The fraction of sp³-hybridized carbons (Fsp3) is 0.130. The zero-order valence-electron chi connectivity index (χ0n) is 15.4. The van der Waals surface area contributed by atoms with Gasteiger partial charge in [0.2, 0.25) is 0 Å². The molecule has 0 aliphatic heterocycles. The van der Waals surface area contributed by atoms with Crippen molar-refractivity contribution < 1.29 is 9.90 Å². The van der Waals surface area contributed by atoms with Gasteiger partial charge in [-0.15, -0.1) is 0 Å². The van der Waals surface area contributed by atoms with E-state index in [4.69, 9.17) is 16.7 Å². The molecule has 0 radical (unpaired) electrons. The van der Waals surface area contributed by atoms with E-state index >= 15 is 0 Å². The zero-order valence-corrected chi connectivity index (χ0v) is 16.1. The summed E-state index contributed by atoms with van der Waals surface area (Å²) in [5.41, 5.74) is 5.95. The molecule has 28 heavy (non-hydrogen) atoms. The fourth-order valence-electron chi connectivity index (χ4n) is 3.60. The highest BCUT2D eigenvalue weighted by Crippen LogP contribution is 2.36. The van der Waals surface area contributed by atoms with Crippen molar-refractivity contribution >= 4 is 23.1 Å². The highest BCUT2D eigenvalue weighted by Gasteiger charge is 2.21. The van der Waals surface area contributed by atoms with Crippen LogP contribution in [0.4, 0.5) is 0 Å². The van der Waals surface area contributed by atoms with E-state index in [-0.39, 0.29) is 6.42 Å². The second-order valence-electron chi connectivity index (χ2n) is 6.62. The topological polar surface area (TPSA) is 54.6 Å². The standard InChI is InChI=1S/C23H19ClN2O2/c1-2-18-11-12-20-22(16-9-6-10-17(24)13-16)19(14-21(27)28)23(25-26(18)20)15-7-4-3-5-8-15/h3-13H,2,14H2,1H3,(H,27,28). The lowest BCUT2D eigenvalue weighted by Crippen LogP contribution is -2.10. The Morgan fingerprint density at radius 1 is 1.04 bits per heavy atom. The summed E-state index contributed by atoms with van der Waals surface area (Å²) in [6.45, 7) is 2.08. The summed E-state index contributed by atoms with van der Waals surface area (Å²) in [5.74, 6) is -0.895. The third-order valence-corrected chi connectivity index (χ3v) is 5.06. The number of carboxylic acid groups (broad SMARTS) is 1. The summed E-state index contributed by atoms with van der Waals surface area (Å²) in [5, 5.41) is 15.1. The summed E-state index contributed by atoms with van der Waals surface area (Å²) in [6.07, 6.45) is 0.699. The first-order valence-corrected chi connectivity index (χ1v) is 9.53. The van der Waals surface area contributed by atoms with Crippen LogP contribution < -0.4 is 0 Å². The van der Waals surface area contributed by atoms with Crippen molar-refractivity contribution in [2.45, 2.75) is 19.8 Å². The van der Waals surface area contributed by atoms with E-state index < -0.39 is 5.97 Å². The van der Waals surface area contributed by atoms with E-state index in [9.17, 15) is 9.90 Å². The van der Waals surface area contributed by atoms with Crippen molar-refractivity contribution in [3.8, 4) is 22.4 Å². The highest BCUT2D eigenvalue weighted by molar-refractivity contribution is 6.30. The van der Waals surface area contributed by atoms with Gasteiger partial charge in [-0.05, 0) is 36.2 Å². The molecule has 5 heteroatoms. The Morgan fingerprint density at radius 3 is 2.46 bits per heavy atom. The number of carboxylic acids is 1. The van der Waals surface area contributed by atoms with Crippen LogP contribution in [0.1, 0.15) is 18.2 Å². The predicted octanol–water partition coefficient (Wildman–Crippen LogP) is 5.51. The van der Waals surface area contributed by atoms with Gasteiger partial charge in [0.05, 0.1) is 17.6 Å². The van der Waals surface area contributed by atoms with E-state index in [1.807, 2.05) is 71.2 Å². The van der Waals surface area contributed by atoms with Crippen LogP contribution in [0.25, 0.3) is 27.9 Å². The van der Waals surface area contributed by atoms with Crippen molar-refractivity contribution in [1.82, 2.24) is 9.61 Å². The minimum Gasteiger partial charge on any atom is -0.481 e. The molecule has 0 aliphatic carbocycles. The number of halogens is 1. The molecule has 0 saturated heterocycles. The molecule has 0 spiro atoms. The number of hydrogen-bond acceptors (Lipinski definition) is 2. The highest BCUT2D eigenvalue weighted by atomic mass is 35.5. The molecule has 2 aromatic carbocycles. The summed E-state index contributed by atoms with van der Waals surface area (Å²) in [6, 6.07) is 21.3. The molecule has 4 aromatic rings. The van der Waals surface area contributed by atoms with Crippen LogP contribution in [0.5, 0.6) is 0 Å². The average Bonchev–Trinajstić information content (AvgIpc) is 3.10. The number of aliphatic carboxylic acids is 1. The first-order valence-electron chi connectivity index (χ1n) is 9.15. The molecule has 2 heterocycles. The van der Waals surface area contributed by atoms with Gasteiger partial charge in [0.25, 0.3) is 0 Å². The van der Waals surface area contributed by atoms with Crippen molar-refractivity contribution in [3.05, 3.63) is 83.0 Å². The van der Waals surface area contributed by atoms with Crippen LogP contribution in [0.15, 0.2) is 66.7 Å². The van der Waals surface area contributed by atoms with E-state index in [1.54, 1.807) is 0 Å². The monoisotopic (exact) mass is 390 g/mol. The molecule has 4 nitrogen and oxygen atoms in total. The minimum absolute atomic E-state index is 0.123. The first kappa shape index (κ1) is 18.3. The van der Waals surface area contributed by atoms with Crippen molar-refractivity contribution in [2.24, 2.45) is 0 Å². The number of fused-ring (bicyclic) bond motifs is 1. The maximum absolute atomic E-state index is 11.7. The third-order valence-electron chi connectivity index (χ3n) is 4.83. The number of aromatic nitrogens is 2. The number of aryl methyl sites for hydroxylation is 1. The van der Waals surface area contributed by atoms with Gasteiger partial charge in [-0.1, -0.05) is 61.0 Å². The van der Waals surface area contributed by atoms with Gasteiger partial charge in [-0.3, -0.25) is 4.79 Å². The molecule has 140 valence electrons. The predicted molar refractivity (Wildman–Crippen MR) is 112 cm³/mol. The molecule has 0 unspecified atom stereocenters. The minimum atomic E-state index is -0.895. The smallest absolute Gasteiger partial charge is 0.307 e. The lowest BCUT2D eigenvalue weighted by atomic mass is 9.93. The Bertz CT molecular complexity index is 1170. The van der Waals surface area contributed by atoms with Gasteiger partial charge in [0.1, 0.15) is 0 Å². The Kier molecular flexibility index (Phi) is 4.88. The summed E-state index contributed by atoms with van der Waals surface area (Å²) in [7, 11) is 0. The van der Waals surface area contributed by atoms with Crippen molar-refractivity contribution in [1.29, 1.82) is 0 Å². The molecule has 0 atom stereocenters. The number of nitrogens with zero attached hydrogens (tertiary/aromatic N) is 2. The van der Waals surface area contributed by atoms with E-state index in [1.165, 1.54) is 0 Å². The van der Waals surface area contributed by atoms with Crippen LogP contribution in [0.3, 0.4) is 0 Å². The summed E-state index contributed by atoms with van der Waals surface area (Å²) < 4.78 is 1.92. The lowest BCUT2D eigenvalue weighted by Gasteiger charge is -2.17. The van der Waals surface area contributed by atoms with E-state index in [0.717, 1.165) is 34.3 Å². The Morgan fingerprint density at radius 2 is 1.79 bits per heavy atom. The fourth-order valence-corrected chi connectivity index (χ4v) is 3.79. The summed E-state index contributed by atoms with van der Waals surface area (Å²) >= 11 is 6.25. The second-order valence-corrected chi connectivity index (χ2v) is 7.06. The second kappa shape index (κ2) is 7.49. The molecule has 0 aliphatic rings. The van der Waals surface area contributed by atoms with Crippen LogP contribution in [-0.2, 0) is 17.6 Å².